The zero-order valence-corrected chi connectivity index (χ0v) is 11.8. The van der Waals surface area contributed by atoms with Gasteiger partial charge in [0, 0.05) is 5.56 Å². The Morgan fingerprint density at radius 1 is 1.37 bits per heavy atom. The van der Waals surface area contributed by atoms with Crippen molar-refractivity contribution in [1.82, 2.24) is 10.3 Å². The minimum Gasteiger partial charge on any atom is -0.480 e. The molecule has 0 aliphatic heterocycles. The van der Waals surface area contributed by atoms with E-state index in [1.165, 1.54) is 12.1 Å². The van der Waals surface area contributed by atoms with Crippen LogP contribution in [0.2, 0.25) is 10.3 Å². The topological polar surface area (TPSA) is 79.3 Å². The Morgan fingerprint density at radius 3 is 2.42 bits per heavy atom. The molecule has 2 N–H and O–H groups in total. The lowest BCUT2D eigenvalue weighted by Gasteiger charge is -2.14. The van der Waals surface area contributed by atoms with Crippen LogP contribution in [0.1, 0.15) is 36.5 Å². The number of hydrogen-bond donors (Lipinski definition) is 2. The number of aliphatic carboxylic acids is 1. The Morgan fingerprint density at radius 2 is 1.95 bits per heavy atom. The predicted molar refractivity (Wildman–Crippen MR) is 72.7 cm³/mol. The highest BCUT2D eigenvalue weighted by molar-refractivity contribution is 6.33. The molecule has 0 saturated carbocycles. The maximum Gasteiger partial charge on any atom is 0.326 e. The number of pyridine rings is 1. The standard InChI is InChI=1S/C12H14Cl2N2O3/c1-2-3-4-8(12(18)19)15-11(17)7-5-9(13)16-10(14)6-7/h5-6,8H,2-4H2,1H3,(H,15,17)(H,18,19)/t8-/m0/s1. The Hall–Kier alpha value is -1.33. The van der Waals surface area contributed by atoms with Crippen molar-refractivity contribution >= 4 is 35.1 Å². The molecule has 0 aliphatic carbocycles. The van der Waals surface area contributed by atoms with Gasteiger partial charge in [0.15, 0.2) is 0 Å². The first-order valence-corrected chi connectivity index (χ1v) is 6.56. The van der Waals surface area contributed by atoms with Gasteiger partial charge >= 0.3 is 5.97 Å². The molecule has 0 unspecified atom stereocenters. The van der Waals surface area contributed by atoms with Crippen LogP contribution in [0.4, 0.5) is 0 Å². The Bertz CT molecular complexity index is 460. The summed E-state index contributed by atoms with van der Waals surface area (Å²) < 4.78 is 0. The summed E-state index contributed by atoms with van der Waals surface area (Å²) in [5.74, 6) is -1.59. The van der Waals surface area contributed by atoms with Crippen molar-refractivity contribution in [1.29, 1.82) is 0 Å². The number of hydrogen-bond acceptors (Lipinski definition) is 3. The fraction of sp³-hybridized carbons (Fsp3) is 0.417. The molecule has 1 aromatic rings. The number of nitrogens with one attached hydrogen (secondary N) is 1. The van der Waals surface area contributed by atoms with E-state index in [0.29, 0.717) is 6.42 Å². The van der Waals surface area contributed by atoms with E-state index in [2.05, 4.69) is 10.3 Å². The van der Waals surface area contributed by atoms with Crippen molar-refractivity contribution in [3.63, 3.8) is 0 Å². The second-order valence-corrected chi connectivity index (χ2v) is 4.78. The molecule has 0 saturated heterocycles. The van der Waals surface area contributed by atoms with Gasteiger partial charge in [0.1, 0.15) is 16.3 Å². The molecule has 5 nitrogen and oxygen atoms in total. The summed E-state index contributed by atoms with van der Waals surface area (Å²) in [6, 6.07) is 1.75. The summed E-state index contributed by atoms with van der Waals surface area (Å²) in [6.45, 7) is 1.95. The van der Waals surface area contributed by atoms with E-state index in [1.807, 2.05) is 6.92 Å². The third-order valence-electron chi connectivity index (χ3n) is 2.47. The van der Waals surface area contributed by atoms with E-state index in [-0.39, 0.29) is 15.9 Å². The number of carbonyl (C=O) groups is 2. The van der Waals surface area contributed by atoms with Crippen molar-refractivity contribution in [2.75, 3.05) is 0 Å². The number of carbonyl (C=O) groups excluding carboxylic acids is 1. The number of carboxylic acid groups (broad SMARTS) is 1. The van der Waals surface area contributed by atoms with E-state index < -0.39 is 17.9 Å². The second-order valence-electron chi connectivity index (χ2n) is 4.01. The van der Waals surface area contributed by atoms with Gasteiger partial charge in [0.05, 0.1) is 0 Å². The minimum absolute atomic E-state index is 0.0816. The van der Waals surface area contributed by atoms with Gasteiger partial charge in [0.2, 0.25) is 0 Å². The van der Waals surface area contributed by atoms with Crippen LogP contribution in [0.5, 0.6) is 0 Å². The fourth-order valence-corrected chi connectivity index (χ4v) is 1.96. The smallest absolute Gasteiger partial charge is 0.326 e. The number of nitrogens with zero attached hydrogens (tertiary/aromatic N) is 1. The number of aromatic nitrogens is 1. The molecule has 0 aromatic carbocycles. The van der Waals surface area contributed by atoms with Crippen LogP contribution >= 0.6 is 23.2 Å². The summed E-state index contributed by atoms with van der Waals surface area (Å²) in [4.78, 5) is 26.6. The van der Waals surface area contributed by atoms with Crippen LogP contribution in [0.3, 0.4) is 0 Å². The molecule has 104 valence electrons. The first-order valence-electron chi connectivity index (χ1n) is 5.80. The molecule has 0 radical (unpaired) electrons. The largest absolute Gasteiger partial charge is 0.480 e. The van der Waals surface area contributed by atoms with Gasteiger partial charge in [0.25, 0.3) is 5.91 Å². The lowest BCUT2D eigenvalue weighted by atomic mass is 10.1. The fourth-order valence-electron chi connectivity index (χ4n) is 1.50. The quantitative estimate of drug-likeness (QED) is 0.792. The summed E-state index contributed by atoms with van der Waals surface area (Å²) in [5.41, 5.74) is 0.188. The van der Waals surface area contributed by atoms with E-state index >= 15 is 0 Å². The number of carboxylic acids is 1. The molecule has 7 heteroatoms. The molecule has 1 amide bonds. The van der Waals surface area contributed by atoms with Crippen LogP contribution in [0.15, 0.2) is 12.1 Å². The predicted octanol–water partition coefficient (Wildman–Crippen LogP) is 2.76. The van der Waals surface area contributed by atoms with Crippen LogP contribution in [0.25, 0.3) is 0 Å². The summed E-state index contributed by atoms with van der Waals surface area (Å²) >= 11 is 11.4. The van der Waals surface area contributed by atoms with Gasteiger partial charge in [-0.1, -0.05) is 43.0 Å². The lowest BCUT2D eigenvalue weighted by Crippen LogP contribution is -2.40. The van der Waals surface area contributed by atoms with E-state index in [9.17, 15) is 9.59 Å². The van der Waals surface area contributed by atoms with Crippen molar-refractivity contribution in [2.24, 2.45) is 0 Å². The number of amides is 1. The van der Waals surface area contributed by atoms with Gasteiger partial charge in [-0.05, 0) is 18.6 Å². The normalized spacial score (nSPS) is 11.9. The zero-order valence-electron chi connectivity index (χ0n) is 10.3. The number of rotatable bonds is 6. The molecular weight excluding hydrogens is 291 g/mol. The van der Waals surface area contributed by atoms with Crippen molar-refractivity contribution in [3.05, 3.63) is 28.0 Å². The summed E-state index contributed by atoms with van der Waals surface area (Å²) in [5, 5.41) is 11.6. The highest BCUT2D eigenvalue weighted by atomic mass is 35.5. The van der Waals surface area contributed by atoms with Gasteiger partial charge in [-0.2, -0.15) is 0 Å². The van der Waals surface area contributed by atoms with Gasteiger partial charge in [-0.15, -0.1) is 0 Å². The minimum atomic E-state index is -1.06. The maximum absolute atomic E-state index is 11.9. The zero-order chi connectivity index (χ0) is 14.4. The Labute approximate surface area is 120 Å². The van der Waals surface area contributed by atoms with E-state index in [1.54, 1.807) is 0 Å². The Balaban J connectivity index is 2.78. The van der Waals surface area contributed by atoms with E-state index in [4.69, 9.17) is 28.3 Å². The third-order valence-corrected chi connectivity index (χ3v) is 2.86. The first kappa shape index (κ1) is 15.7. The highest BCUT2D eigenvalue weighted by Crippen LogP contribution is 2.15. The van der Waals surface area contributed by atoms with Gasteiger partial charge in [-0.3, -0.25) is 4.79 Å². The highest BCUT2D eigenvalue weighted by Gasteiger charge is 2.20. The van der Waals surface area contributed by atoms with Crippen molar-refractivity contribution < 1.29 is 14.7 Å². The van der Waals surface area contributed by atoms with Crippen molar-refractivity contribution in [3.8, 4) is 0 Å². The Kier molecular flexibility index (Phi) is 6.05. The molecule has 1 heterocycles. The molecule has 1 rings (SSSR count). The number of halogens is 2. The van der Waals surface area contributed by atoms with Crippen LogP contribution in [0, 0.1) is 0 Å². The third kappa shape index (κ3) is 5.04. The molecule has 0 fully saturated rings. The summed E-state index contributed by atoms with van der Waals surface area (Å²) in [7, 11) is 0. The molecule has 19 heavy (non-hydrogen) atoms. The van der Waals surface area contributed by atoms with E-state index in [0.717, 1.165) is 12.8 Å². The molecule has 0 bridgehead atoms. The van der Waals surface area contributed by atoms with Crippen LogP contribution in [-0.2, 0) is 4.79 Å². The molecule has 1 atom stereocenters. The monoisotopic (exact) mass is 304 g/mol. The average molecular weight is 305 g/mol. The lowest BCUT2D eigenvalue weighted by molar-refractivity contribution is -0.139. The molecular formula is C12H14Cl2N2O3. The average Bonchev–Trinajstić information content (AvgIpc) is 2.32. The number of unbranched alkanes of at least 4 members (excludes halogenated alkanes) is 1. The second kappa shape index (κ2) is 7.31. The summed E-state index contributed by atoms with van der Waals surface area (Å²) in [6.07, 6.45) is 1.95. The van der Waals surface area contributed by atoms with Crippen LogP contribution in [-0.4, -0.2) is 28.0 Å². The maximum atomic E-state index is 11.9. The molecule has 0 aliphatic rings. The molecule has 1 aromatic heterocycles. The van der Waals surface area contributed by atoms with Crippen LogP contribution < -0.4 is 5.32 Å². The SMILES string of the molecule is CCCC[C@H](NC(=O)c1cc(Cl)nc(Cl)c1)C(=O)O. The van der Waals surface area contributed by atoms with Crippen molar-refractivity contribution in [2.45, 2.75) is 32.2 Å². The first-order chi connectivity index (χ1) is 8.93. The van der Waals surface area contributed by atoms with Gasteiger partial charge in [-0.25, -0.2) is 9.78 Å². The molecule has 0 spiro atoms. The van der Waals surface area contributed by atoms with Gasteiger partial charge < -0.3 is 10.4 Å².